The van der Waals surface area contributed by atoms with Crippen LogP contribution in [-0.4, -0.2) is 26.7 Å². The Morgan fingerprint density at radius 3 is 2.06 bits per heavy atom. The Balaban J connectivity index is 1.49. The standard InChI is InChI=1S/C29H34FN3O3/c1-4-5-6-7-8-9-20-35-26-18-19-28(27(30)21-26)36-29(34)22-10-12-23(13-11-22)31-32-24-14-16-25(17-15-24)33(2)3/h10-19,21H,4-9,20H2,1-3H3/b32-31+. The van der Waals surface area contributed by atoms with Crippen LogP contribution in [0.3, 0.4) is 0 Å². The molecule has 0 spiro atoms. The van der Waals surface area contributed by atoms with E-state index in [0.717, 1.165) is 24.2 Å². The number of hydrogen-bond donors (Lipinski definition) is 0. The highest BCUT2D eigenvalue weighted by Crippen LogP contribution is 2.25. The van der Waals surface area contributed by atoms with E-state index in [1.807, 2.05) is 43.3 Å². The number of anilines is 1. The first-order valence-corrected chi connectivity index (χ1v) is 12.4. The molecule has 6 nitrogen and oxygen atoms in total. The minimum absolute atomic E-state index is 0.142. The van der Waals surface area contributed by atoms with E-state index in [1.54, 1.807) is 30.3 Å². The maximum Gasteiger partial charge on any atom is 0.343 e. The zero-order valence-corrected chi connectivity index (χ0v) is 21.2. The van der Waals surface area contributed by atoms with Gasteiger partial charge in [-0.1, -0.05) is 39.0 Å². The van der Waals surface area contributed by atoms with Gasteiger partial charge in [-0.05, 0) is 67.1 Å². The van der Waals surface area contributed by atoms with Gasteiger partial charge in [0.25, 0.3) is 0 Å². The summed E-state index contributed by atoms with van der Waals surface area (Å²) in [6, 6.07) is 18.4. The number of halogens is 1. The molecule has 190 valence electrons. The number of azo groups is 1. The lowest BCUT2D eigenvalue weighted by Crippen LogP contribution is -2.09. The average Bonchev–Trinajstić information content (AvgIpc) is 2.89. The van der Waals surface area contributed by atoms with Crippen LogP contribution in [0, 0.1) is 5.82 Å². The molecule has 0 amide bonds. The van der Waals surface area contributed by atoms with E-state index in [1.165, 1.54) is 37.8 Å². The van der Waals surface area contributed by atoms with Gasteiger partial charge in [-0.15, -0.1) is 0 Å². The highest BCUT2D eigenvalue weighted by molar-refractivity contribution is 5.91. The summed E-state index contributed by atoms with van der Waals surface area (Å²) in [6.45, 7) is 2.73. The Morgan fingerprint density at radius 2 is 1.44 bits per heavy atom. The maximum atomic E-state index is 14.4. The maximum absolute atomic E-state index is 14.4. The van der Waals surface area contributed by atoms with Crippen LogP contribution in [0.15, 0.2) is 77.0 Å². The van der Waals surface area contributed by atoms with E-state index >= 15 is 0 Å². The summed E-state index contributed by atoms with van der Waals surface area (Å²) >= 11 is 0. The van der Waals surface area contributed by atoms with Crippen LogP contribution in [0.2, 0.25) is 0 Å². The topological polar surface area (TPSA) is 63.5 Å². The summed E-state index contributed by atoms with van der Waals surface area (Å²) in [7, 11) is 3.94. The number of carbonyl (C=O) groups excluding carboxylic acids is 1. The normalized spacial score (nSPS) is 11.0. The second kappa shape index (κ2) is 14.0. The van der Waals surface area contributed by atoms with Crippen molar-refractivity contribution in [1.82, 2.24) is 0 Å². The number of rotatable bonds is 13. The van der Waals surface area contributed by atoms with Crippen molar-refractivity contribution in [2.45, 2.75) is 45.4 Å². The van der Waals surface area contributed by atoms with Crippen molar-refractivity contribution in [2.24, 2.45) is 10.2 Å². The van der Waals surface area contributed by atoms with Crippen LogP contribution < -0.4 is 14.4 Å². The first kappa shape index (κ1) is 26.9. The summed E-state index contributed by atoms with van der Waals surface area (Å²) in [5, 5.41) is 8.40. The first-order chi connectivity index (χ1) is 17.5. The highest BCUT2D eigenvalue weighted by Gasteiger charge is 2.13. The molecule has 3 rings (SSSR count). The van der Waals surface area contributed by atoms with Gasteiger partial charge in [-0.2, -0.15) is 10.2 Å². The van der Waals surface area contributed by atoms with Crippen LogP contribution in [0.4, 0.5) is 21.5 Å². The molecule has 0 fully saturated rings. The van der Waals surface area contributed by atoms with Gasteiger partial charge in [0.1, 0.15) is 5.75 Å². The molecule has 0 N–H and O–H groups in total. The molecule has 36 heavy (non-hydrogen) atoms. The molecule has 0 aliphatic carbocycles. The smallest absolute Gasteiger partial charge is 0.343 e. The lowest BCUT2D eigenvalue weighted by atomic mass is 10.1. The summed E-state index contributed by atoms with van der Waals surface area (Å²) in [5.41, 5.74) is 2.66. The molecule has 0 radical (unpaired) electrons. The molecule has 7 heteroatoms. The van der Waals surface area contributed by atoms with Gasteiger partial charge in [0, 0.05) is 25.8 Å². The zero-order valence-electron chi connectivity index (χ0n) is 21.2. The van der Waals surface area contributed by atoms with Gasteiger partial charge in [0.15, 0.2) is 11.6 Å². The Bertz CT molecular complexity index is 1130. The number of ether oxygens (including phenoxy) is 2. The largest absolute Gasteiger partial charge is 0.493 e. The fourth-order valence-corrected chi connectivity index (χ4v) is 3.48. The predicted octanol–water partition coefficient (Wildman–Crippen LogP) is 8.27. The van der Waals surface area contributed by atoms with Crippen molar-refractivity contribution >= 4 is 23.0 Å². The van der Waals surface area contributed by atoms with E-state index in [0.29, 0.717) is 18.0 Å². The number of benzene rings is 3. The number of unbranched alkanes of at least 4 members (excludes halogenated alkanes) is 5. The Morgan fingerprint density at radius 1 is 0.833 bits per heavy atom. The van der Waals surface area contributed by atoms with E-state index in [4.69, 9.17) is 9.47 Å². The fraction of sp³-hybridized carbons (Fsp3) is 0.345. The molecule has 0 unspecified atom stereocenters. The van der Waals surface area contributed by atoms with Crippen LogP contribution in [0.1, 0.15) is 55.8 Å². The highest BCUT2D eigenvalue weighted by atomic mass is 19.1. The van der Waals surface area contributed by atoms with Gasteiger partial charge in [0.2, 0.25) is 0 Å². The van der Waals surface area contributed by atoms with Gasteiger partial charge in [-0.25, -0.2) is 9.18 Å². The van der Waals surface area contributed by atoms with E-state index in [9.17, 15) is 9.18 Å². The molecule has 3 aromatic rings. The Hall–Kier alpha value is -3.74. The molecule has 0 saturated carbocycles. The molecule has 0 bridgehead atoms. The van der Waals surface area contributed by atoms with Crippen molar-refractivity contribution in [2.75, 3.05) is 25.6 Å². The summed E-state index contributed by atoms with van der Waals surface area (Å²) < 4.78 is 25.3. The van der Waals surface area contributed by atoms with Gasteiger partial charge in [0.05, 0.1) is 23.5 Å². The monoisotopic (exact) mass is 491 g/mol. The third-order valence-electron chi connectivity index (χ3n) is 5.62. The first-order valence-electron chi connectivity index (χ1n) is 12.4. The number of carbonyl (C=O) groups is 1. The number of hydrogen-bond acceptors (Lipinski definition) is 6. The molecular formula is C29H34FN3O3. The SMILES string of the molecule is CCCCCCCCOc1ccc(OC(=O)c2ccc(/N=N/c3ccc(N(C)C)cc3)cc2)c(F)c1. The second-order valence-electron chi connectivity index (χ2n) is 8.76. The molecule has 0 atom stereocenters. The second-order valence-corrected chi connectivity index (χ2v) is 8.76. The zero-order chi connectivity index (χ0) is 25.8. The van der Waals surface area contributed by atoms with Crippen LogP contribution in [-0.2, 0) is 0 Å². The Labute approximate surface area is 212 Å². The van der Waals surface area contributed by atoms with E-state index < -0.39 is 11.8 Å². The molecule has 0 aromatic heterocycles. The lowest BCUT2D eigenvalue weighted by molar-refractivity contribution is 0.0727. The van der Waals surface area contributed by atoms with Crippen molar-refractivity contribution in [3.8, 4) is 11.5 Å². The van der Waals surface area contributed by atoms with E-state index in [2.05, 4.69) is 17.2 Å². The number of esters is 1. The minimum atomic E-state index is -0.655. The Kier molecular flexibility index (Phi) is 10.4. The molecule has 0 aliphatic rings. The predicted molar refractivity (Wildman–Crippen MR) is 142 cm³/mol. The average molecular weight is 492 g/mol. The van der Waals surface area contributed by atoms with Gasteiger partial charge >= 0.3 is 5.97 Å². The van der Waals surface area contributed by atoms with E-state index in [-0.39, 0.29) is 11.3 Å². The quantitative estimate of drug-likeness (QED) is 0.104. The molecule has 0 heterocycles. The molecule has 0 aliphatic heterocycles. The third kappa shape index (κ3) is 8.48. The van der Waals surface area contributed by atoms with Crippen molar-refractivity contribution < 1.29 is 18.7 Å². The summed E-state index contributed by atoms with van der Waals surface area (Å²) in [6.07, 6.45) is 6.94. The molecule has 3 aromatic carbocycles. The fourth-order valence-electron chi connectivity index (χ4n) is 3.48. The van der Waals surface area contributed by atoms with Crippen LogP contribution in [0.5, 0.6) is 11.5 Å². The number of nitrogens with zero attached hydrogens (tertiary/aromatic N) is 3. The van der Waals surface area contributed by atoms with Crippen LogP contribution in [0.25, 0.3) is 0 Å². The van der Waals surface area contributed by atoms with Crippen molar-refractivity contribution in [3.05, 3.63) is 78.1 Å². The minimum Gasteiger partial charge on any atom is -0.493 e. The lowest BCUT2D eigenvalue weighted by Gasteiger charge is -2.11. The van der Waals surface area contributed by atoms with Crippen molar-refractivity contribution in [1.29, 1.82) is 0 Å². The third-order valence-corrected chi connectivity index (χ3v) is 5.62. The van der Waals surface area contributed by atoms with Crippen LogP contribution >= 0.6 is 0 Å². The molecular weight excluding hydrogens is 457 g/mol. The van der Waals surface area contributed by atoms with Gasteiger partial charge < -0.3 is 14.4 Å². The van der Waals surface area contributed by atoms with Crippen molar-refractivity contribution in [3.63, 3.8) is 0 Å². The van der Waals surface area contributed by atoms with Gasteiger partial charge in [-0.3, -0.25) is 0 Å². The summed E-state index contributed by atoms with van der Waals surface area (Å²) in [5.74, 6) is -1.02. The summed E-state index contributed by atoms with van der Waals surface area (Å²) in [4.78, 5) is 14.5. The molecule has 0 saturated heterocycles.